The number of nitrogens with zero attached hydrogens (tertiary/aromatic N) is 5. The van der Waals surface area contributed by atoms with E-state index in [2.05, 4.69) is 25.6 Å². The summed E-state index contributed by atoms with van der Waals surface area (Å²) in [5.74, 6) is 1.21. The second kappa shape index (κ2) is 6.66. The Morgan fingerprint density at radius 2 is 1.65 bits per heavy atom. The molecule has 0 aromatic carbocycles. The molecule has 10 heteroatoms. The van der Waals surface area contributed by atoms with Gasteiger partial charge in [-0.25, -0.2) is 12.7 Å². The lowest BCUT2D eigenvalue weighted by molar-refractivity contribution is 0.521. The van der Waals surface area contributed by atoms with E-state index in [9.17, 15) is 8.42 Å². The maximum absolute atomic E-state index is 11.6. The van der Waals surface area contributed by atoms with E-state index in [4.69, 9.17) is 0 Å². The second-order valence-corrected chi connectivity index (χ2v) is 6.75. The highest BCUT2D eigenvalue weighted by molar-refractivity contribution is 7.89. The van der Waals surface area contributed by atoms with Crippen molar-refractivity contribution in [3.05, 3.63) is 0 Å². The van der Waals surface area contributed by atoms with Crippen molar-refractivity contribution in [1.29, 1.82) is 0 Å². The molecule has 2 N–H and O–H groups in total. The third-order valence-corrected chi connectivity index (χ3v) is 4.28. The third-order valence-electron chi connectivity index (χ3n) is 2.45. The summed E-state index contributed by atoms with van der Waals surface area (Å²) in [6, 6.07) is 0. The summed E-state index contributed by atoms with van der Waals surface area (Å²) in [4.78, 5) is 14.2. The molecule has 0 amide bonds. The Hall–Kier alpha value is -1.68. The zero-order valence-corrected chi connectivity index (χ0v) is 13.2. The average Bonchev–Trinajstić information content (AvgIpc) is 2.37. The van der Waals surface area contributed by atoms with Crippen molar-refractivity contribution < 1.29 is 8.42 Å². The van der Waals surface area contributed by atoms with Gasteiger partial charge >= 0.3 is 0 Å². The van der Waals surface area contributed by atoms with E-state index in [1.54, 1.807) is 11.9 Å². The maximum atomic E-state index is 11.6. The van der Waals surface area contributed by atoms with Crippen LogP contribution in [0.3, 0.4) is 0 Å². The van der Waals surface area contributed by atoms with Crippen molar-refractivity contribution in [3.8, 4) is 0 Å². The van der Waals surface area contributed by atoms with E-state index in [0.717, 1.165) is 0 Å². The summed E-state index contributed by atoms with van der Waals surface area (Å²) in [7, 11) is 5.10. The molecule has 9 nitrogen and oxygen atoms in total. The molecule has 0 aliphatic heterocycles. The van der Waals surface area contributed by atoms with Crippen LogP contribution >= 0.6 is 0 Å². The zero-order valence-electron chi connectivity index (χ0n) is 12.4. The topological polar surface area (TPSA) is 103 Å². The number of rotatable bonds is 7. The van der Waals surface area contributed by atoms with Crippen molar-refractivity contribution in [2.75, 3.05) is 63.1 Å². The molecule has 0 spiro atoms. The van der Waals surface area contributed by atoms with Crippen LogP contribution in [0.5, 0.6) is 0 Å². The van der Waals surface area contributed by atoms with Crippen LogP contribution in [0.15, 0.2) is 0 Å². The van der Waals surface area contributed by atoms with Gasteiger partial charge in [-0.1, -0.05) is 0 Å². The molecule has 0 aliphatic carbocycles. The molecule has 1 aromatic rings. The number of sulfonamides is 1. The van der Waals surface area contributed by atoms with Crippen molar-refractivity contribution in [2.24, 2.45) is 0 Å². The van der Waals surface area contributed by atoms with E-state index in [0.29, 0.717) is 17.8 Å². The minimum absolute atomic E-state index is 0.0299. The highest BCUT2D eigenvalue weighted by Crippen LogP contribution is 2.10. The van der Waals surface area contributed by atoms with Gasteiger partial charge in [0.25, 0.3) is 0 Å². The van der Waals surface area contributed by atoms with Gasteiger partial charge in [0.1, 0.15) is 0 Å². The molecule has 0 saturated carbocycles. The number of anilines is 3. The molecule has 114 valence electrons. The van der Waals surface area contributed by atoms with Crippen LogP contribution in [-0.2, 0) is 10.0 Å². The first-order valence-electron chi connectivity index (χ1n) is 6.01. The van der Waals surface area contributed by atoms with Crippen LogP contribution in [0, 0.1) is 0 Å². The SMILES string of the molecule is CNc1nc(NCCS(=O)(=O)N(C)C)nc(N(C)C)n1. The molecule has 0 unspecified atom stereocenters. The molecule has 0 bridgehead atoms. The monoisotopic (exact) mass is 303 g/mol. The fourth-order valence-corrected chi connectivity index (χ4v) is 1.96. The van der Waals surface area contributed by atoms with Crippen LogP contribution < -0.4 is 15.5 Å². The molecule has 20 heavy (non-hydrogen) atoms. The molecule has 0 fully saturated rings. The lowest BCUT2D eigenvalue weighted by atomic mass is 10.7. The zero-order chi connectivity index (χ0) is 15.3. The Morgan fingerprint density at radius 1 is 1.05 bits per heavy atom. The number of aromatic nitrogens is 3. The third kappa shape index (κ3) is 4.46. The predicted molar refractivity (Wildman–Crippen MR) is 79.7 cm³/mol. The standard InChI is InChI=1S/C10H21N7O2S/c1-11-8-13-9(15-10(14-8)16(2)3)12-6-7-20(18,19)17(4)5/h6-7H2,1-5H3,(H2,11,12,13,14,15). The van der Waals surface area contributed by atoms with E-state index >= 15 is 0 Å². The molecule has 1 aromatic heterocycles. The van der Waals surface area contributed by atoms with Gasteiger partial charge < -0.3 is 15.5 Å². The molecule has 0 saturated heterocycles. The lowest BCUT2D eigenvalue weighted by Crippen LogP contribution is -2.29. The van der Waals surface area contributed by atoms with E-state index in [1.165, 1.54) is 18.4 Å². The summed E-state index contributed by atoms with van der Waals surface area (Å²) in [6.45, 7) is 0.223. The van der Waals surface area contributed by atoms with Gasteiger partial charge in [-0.3, -0.25) is 0 Å². The molecular formula is C10H21N7O2S. The van der Waals surface area contributed by atoms with E-state index in [-0.39, 0.29) is 12.3 Å². The van der Waals surface area contributed by atoms with Gasteiger partial charge in [0.05, 0.1) is 5.75 Å². The minimum atomic E-state index is -3.24. The Morgan fingerprint density at radius 3 is 2.15 bits per heavy atom. The normalized spacial score (nSPS) is 11.5. The largest absolute Gasteiger partial charge is 0.357 e. The lowest BCUT2D eigenvalue weighted by Gasteiger charge is -2.14. The Labute approximate surface area is 119 Å². The van der Waals surface area contributed by atoms with Crippen LogP contribution in [0.4, 0.5) is 17.8 Å². The summed E-state index contributed by atoms with van der Waals surface area (Å²) < 4.78 is 24.4. The molecular weight excluding hydrogens is 282 g/mol. The van der Waals surface area contributed by atoms with E-state index in [1.807, 2.05) is 14.1 Å². The first-order valence-corrected chi connectivity index (χ1v) is 7.62. The van der Waals surface area contributed by atoms with Crippen LogP contribution in [0.2, 0.25) is 0 Å². The molecule has 0 aliphatic rings. The highest BCUT2D eigenvalue weighted by Gasteiger charge is 2.13. The van der Waals surface area contributed by atoms with E-state index < -0.39 is 10.0 Å². The summed E-state index contributed by atoms with van der Waals surface area (Å²) in [5.41, 5.74) is 0. The highest BCUT2D eigenvalue weighted by atomic mass is 32.2. The van der Waals surface area contributed by atoms with Gasteiger partial charge in [0, 0.05) is 41.8 Å². The van der Waals surface area contributed by atoms with Crippen LogP contribution in [0.1, 0.15) is 0 Å². The summed E-state index contributed by atoms with van der Waals surface area (Å²) >= 11 is 0. The Bertz CT molecular complexity index is 545. The summed E-state index contributed by atoms with van der Waals surface area (Å²) in [6.07, 6.45) is 0. The number of hydrogen-bond donors (Lipinski definition) is 2. The molecule has 1 heterocycles. The fraction of sp³-hybridized carbons (Fsp3) is 0.700. The smallest absolute Gasteiger partial charge is 0.231 e. The summed E-state index contributed by atoms with van der Waals surface area (Å²) in [5, 5.41) is 5.72. The van der Waals surface area contributed by atoms with Crippen LogP contribution in [-0.4, -0.2) is 75.2 Å². The van der Waals surface area contributed by atoms with Crippen molar-refractivity contribution in [2.45, 2.75) is 0 Å². The second-order valence-electron chi connectivity index (χ2n) is 4.45. The maximum Gasteiger partial charge on any atom is 0.231 e. The minimum Gasteiger partial charge on any atom is -0.357 e. The Balaban J connectivity index is 2.75. The number of hydrogen-bond acceptors (Lipinski definition) is 8. The van der Waals surface area contributed by atoms with Gasteiger partial charge in [-0.15, -0.1) is 0 Å². The van der Waals surface area contributed by atoms with Gasteiger partial charge in [-0.2, -0.15) is 15.0 Å². The van der Waals surface area contributed by atoms with Crippen molar-refractivity contribution in [1.82, 2.24) is 19.3 Å². The first kappa shape index (κ1) is 16.4. The van der Waals surface area contributed by atoms with Gasteiger partial charge in [0.2, 0.25) is 27.9 Å². The first-order chi connectivity index (χ1) is 9.26. The van der Waals surface area contributed by atoms with Gasteiger partial charge in [-0.05, 0) is 0 Å². The van der Waals surface area contributed by atoms with Crippen LogP contribution in [0.25, 0.3) is 0 Å². The van der Waals surface area contributed by atoms with Crippen molar-refractivity contribution in [3.63, 3.8) is 0 Å². The molecule has 1 rings (SSSR count). The quantitative estimate of drug-likeness (QED) is 0.680. The fourth-order valence-electron chi connectivity index (χ4n) is 1.23. The van der Waals surface area contributed by atoms with Gasteiger partial charge in [0.15, 0.2) is 0 Å². The Kier molecular flexibility index (Phi) is 5.45. The van der Waals surface area contributed by atoms with Crippen molar-refractivity contribution >= 4 is 27.9 Å². The average molecular weight is 303 g/mol. The molecule has 0 radical (unpaired) electrons. The molecule has 0 atom stereocenters. The number of nitrogens with one attached hydrogen (secondary N) is 2. The predicted octanol–water partition coefficient (Wildman–Crippen LogP) is -0.717.